The van der Waals surface area contributed by atoms with E-state index >= 15 is 0 Å². The van der Waals surface area contributed by atoms with E-state index in [1.54, 1.807) is 6.92 Å². The molecule has 0 aliphatic carbocycles. The molecule has 2 aliphatic rings. The van der Waals surface area contributed by atoms with Crippen molar-refractivity contribution in [1.82, 2.24) is 4.98 Å². The molecule has 3 heterocycles. The van der Waals surface area contributed by atoms with Crippen LogP contribution in [0, 0.1) is 5.41 Å². The van der Waals surface area contributed by atoms with Crippen LogP contribution in [0.2, 0.25) is 0 Å². The van der Waals surface area contributed by atoms with Crippen molar-refractivity contribution in [1.29, 1.82) is 0 Å². The zero-order valence-corrected chi connectivity index (χ0v) is 17.3. The number of cyclic esters (lactones) is 2. The Labute approximate surface area is 173 Å². The van der Waals surface area contributed by atoms with Gasteiger partial charge in [-0.2, -0.15) is 0 Å². The van der Waals surface area contributed by atoms with Crippen molar-refractivity contribution < 1.29 is 23.8 Å². The van der Waals surface area contributed by atoms with E-state index in [0.717, 1.165) is 12.1 Å². The standard InChI is InChI=1S/C21H24N2O5S/c1-3-9-26-11-15-10-21(17(24)27-15)13-20(2,28-18(21)25)16-12-29-19(23-16)22-14-7-5-4-6-8-14/h4-8,12,15H,3,9-11,13H2,1-2H3,(H,22,23)/t15-,20-,21+/m1/s1. The number of nitrogens with zero attached hydrogens (tertiary/aromatic N) is 1. The molecule has 0 radical (unpaired) electrons. The Morgan fingerprint density at radius 1 is 1.28 bits per heavy atom. The van der Waals surface area contributed by atoms with E-state index in [1.807, 2.05) is 42.6 Å². The first-order valence-electron chi connectivity index (χ1n) is 9.75. The number of hydrogen-bond acceptors (Lipinski definition) is 8. The fourth-order valence-corrected chi connectivity index (χ4v) is 4.74. The highest BCUT2D eigenvalue weighted by Gasteiger charge is 2.65. The van der Waals surface area contributed by atoms with Gasteiger partial charge in [-0.1, -0.05) is 25.1 Å². The first-order chi connectivity index (χ1) is 13.9. The molecule has 2 aromatic rings. The van der Waals surface area contributed by atoms with Gasteiger partial charge in [0.2, 0.25) is 0 Å². The SMILES string of the molecule is CCCOC[C@H]1C[C@]2(C[C@](C)(c3csc(Nc4ccccc4)n3)OC2=O)C(=O)O1. The van der Waals surface area contributed by atoms with Crippen molar-refractivity contribution in [2.24, 2.45) is 5.41 Å². The number of para-hydroxylation sites is 1. The Balaban J connectivity index is 1.49. The smallest absolute Gasteiger partial charge is 0.324 e. The lowest BCUT2D eigenvalue weighted by atomic mass is 9.78. The summed E-state index contributed by atoms with van der Waals surface area (Å²) >= 11 is 1.43. The van der Waals surface area contributed by atoms with E-state index in [1.165, 1.54) is 11.3 Å². The third kappa shape index (κ3) is 3.74. The van der Waals surface area contributed by atoms with Gasteiger partial charge >= 0.3 is 11.9 Å². The van der Waals surface area contributed by atoms with Gasteiger partial charge in [-0.05, 0) is 25.5 Å². The van der Waals surface area contributed by atoms with Crippen molar-refractivity contribution in [3.05, 3.63) is 41.4 Å². The Morgan fingerprint density at radius 2 is 2.07 bits per heavy atom. The highest BCUT2D eigenvalue weighted by atomic mass is 32.1. The quantitative estimate of drug-likeness (QED) is 0.418. The van der Waals surface area contributed by atoms with E-state index in [2.05, 4.69) is 10.3 Å². The van der Waals surface area contributed by atoms with Gasteiger partial charge in [0.15, 0.2) is 16.1 Å². The molecule has 2 aliphatic heterocycles. The highest BCUT2D eigenvalue weighted by Crippen LogP contribution is 2.52. The molecule has 154 valence electrons. The fraction of sp³-hybridized carbons (Fsp3) is 0.476. The molecule has 0 unspecified atom stereocenters. The van der Waals surface area contributed by atoms with Gasteiger partial charge in [-0.15, -0.1) is 11.3 Å². The maximum atomic E-state index is 12.8. The summed E-state index contributed by atoms with van der Waals surface area (Å²) in [4.78, 5) is 30.0. The first kappa shape index (κ1) is 19.8. The van der Waals surface area contributed by atoms with Gasteiger partial charge in [0, 0.05) is 30.5 Å². The molecule has 7 nitrogen and oxygen atoms in total. The Hall–Kier alpha value is -2.45. The number of hydrogen-bond donors (Lipinski definition) is 1. The number of nitrogens with one attached hydrogen (secondary N) is 1. The van der Waals surface area contributed by atoms with E-state index in [4.69, 9.17) is 14.2 Å². The summed E-state index contributed by atoms with van der Waals surface area (Å²) in [6.07, 6.45) is 0.962. The van der Waals surface area contributed by atoms with Crippen LogP contribution in [0.5, 0.6) is 0 Å². The largest absolute Gasteiger partial charge is 0.459 e. The number of benzene rings is 1. The average molecular weight is 416 g/mol. The lowest BCUT2D eigenvalue weighted by Crippen LogP contribution is -2.32. The van der Waals surface area contributed by atoms with Crippen molar-refractivity contribution in [2.75, 3.05) is 18.5 Å². The predicted molar refractivity (Wildman–Crippen MR) is 108 cm³/mol. The van der Waals surface area contributed by atoms with E-state index < -0.39 is 29.1 Å². The first-order valence-corrected chi connectivity index (χ1v) is 10.6. The van der Waals surface area contributed by atoms with Crippen LogP contribution in [0.3, 0.4) is 0 Å². The predicted octanol–water partition coefficient (Wildman–Crippen LogP) is 3.78. The molecule has 29 heavy (non-hydrogen) atoms. The molecule has 0 saturated carbocycles. The van der Waals surface area contributed by atoms with Gasteiger partial charge in [0.1, 0.15) is 6.10 Å². The van der Waals surface area contributed by atoms with Gasteiger partial charge in [-0.3, -0.25) is 9.59 Å². The van der Waals surface area contributed by atoms with Crippen LogP contribution in [-0.2, 0) is 29.4 Å². The van der Waals surface area contributed by atoms with Gasteiger partial charge in [0.25, 0.3) is 0 Å². The molecule has 3 atom stereocenters. The van der Waals surface area contributed by atoms with Gasteiger partial charge in [-0.25, -0.2) is 4.98 Å². The van der Waals surface area contributed by atoms with Crippen molar-refractivity contribution in [3.63, 3.8) is 0 Å². The van der Waals surface area contributed by atoms with Crippen LogP contribution in [0.1, 0.15) is 38.8 Å². The van der Waals surface area contributed by atoms with Crippen LogP contribution in [0.4, 0.5) is 10.8 Å². The second-order valence-electron chi connectivity index (χ2n) is 7.71. The van der Waals surface area contributed by atoms with Gasteiger partial charge < -0.3 is 19.5 Å². The minimum Gasteiger partial charge on any atom is -0.459 e. The Morgan fingerprint density at radius 3 is 2.83 bits per heavy atom. The molecule has 1 N–H and O–H groups in total. The van der Waals surface area contributed by atoms with Crippen LogP contribution < -0.4 is 5.32 Å². The minimum absolute atomic E-state index is 0.219. The number of anilines is 2. The summed E-state index contributed by atoms with van der Waals surface area (Å²) in [7, 11) is 0. The molecule has 1 aromatic carbocycles. The molecule has 0 amide bonds. The molecule has 8 heteroatoms. The van der Waals surface area contributed by atoms with Crippen molar-refractivity contribution in [2.45, 2.75) is 44.8 Å². The molecule has 2 saturated heterocycles. The summed E-state index contributed by atoms with van der Waals surface area (Å²) < 4.78 is 16.7. The van der Waals surface area contributed by atoms with Gasteiger partial charge in [0.05, 0.1) is 12.3 Å². The number of carbonyl (C=O) groups is 2. The summed E-state index contributed by atoms with van der Waals surface area (Å²) in [5, 5.41) is 5.80. The Bertz CT molecular complexity index is 901. The summed E-state index contributed by atoms with van der Waals surface area (Å²) in [6.45, 7) is 4.71. The number of esters is 2. The highest BCUT2D eigenvalue weighted by molar-refractivity contribution is 7.13. The molecular formula is C21H24N2O5S. The maximum absolute atomic E-state index is 12.8. The van der Waals surface area contributed by atoms with Crippen LogP contribution in [0.15, 0.2) is 35.7 Å². The van der Waals surface area contributed by atoms with E-state index in [9.17, 15) is 9.59 Å². The second kappa shape index (κ2) is 7.76. The number of ether oxygens (including phenoxy) is 3. The lowest BCUT2D eigenvalue weighted by Gasteiger charge is -2.20. The molecule has 1 spiro atoms. The number of thiazole rings is 1. The summed E-state index contributed by atoms with van der Waals surface area (Å²) in [5.41, 5.74) is -0.689. The molecular weight excluding hydrogens is 392 g/mol. The Kier molecular flexibility index (Phi) is 5.31. The number of carbonyl (C=O) groups excluding carboxylic acids is 2. The average Bonchev–Trinajstić information content (AvgIpc) is 3.35. The third-order valence-corrected chi connectivity index (χ3v) is 6.07. The van der Waals surface area contributed by atoms with E-state index in [-0.39, 0.29) is 12.8 Å². The molecule has 4 rings (SSSR count). The zero-order chi connectivity index (χ0) is 20.5. The van der Waals surface area contributed by atoms with Crippen LogP contribution >= 0.6 is 11.3 Å². The van der Waals surface area contributed by atoms with Crippen molar-refractivity contribution >= 4 is 34.1 Å². The zero-order valence-electron chi connectivity index (χ0n) is 16.5. The summed E-state index contributed by atoms with van der Waals surface area (Å²) in [6, 6.07) is 9.71. The third-order valence-electron chi connectivity index (χ3n) is 5.31. The molecule has 1 aromatic heterocycles. The van der Waals surface area contributed by atoms with Crippen LogP contribution in [0.25, 0.3) is 0 Å². The normalized spacial score (nSPS) is 28.6. The maximum Gasteiger partial charge on any atom is 0.324 e. The van der Waals surface area contributed by atoms with E-state index in [0.29, 0.717) is 24.0 Å². The minimum atomic E-state index is -1.27. The number of aromatic nitrogens is 1. The fourth-order valence-electron chi connectivity index (χ4n) is 3.89. The molecule has 2 fully saturated rings. The monoisotopic (exact) mass is 416 g/mol. The topological polar surface area (TPSA) is 86.8 Å². The second-order valence-corrected chi connectivity index (χ2v) is 8.57. The lowest BCUT2D eigenvalue weighted by molar-refractivity contribution is -0.160. The molecule has 0 bridgehead atoms. The van der Waals surface area contributed by atoms with Crippen LogP contribution in [-0.4, -0.2) is 36.2 Å². The van der Waals surface area contributed by atoms with Crippen molar-refractivity contribution in [3.8, 4) is 0 Å². The number of rotatable bonds is 7. The summed E-state index contributed by atoms with van der Waals surface area (Å²) in [5.74, 6) is -1.05.